The summed E-state index contributed by atoms with van der Waals surface area (Å²) >= 11 is 7.46. The number of nitrogens with zero attached hydrogens (tertiary/aromatic N) is 2. The molecular weight excluding hydrogens is 624 g/mol. The molecule has 1 unspecified atom stereocenters. The SMILES string of the molecule is CCCCCCCC(=O)Oc1cc2oc3c(C(=O)CCCCCN4C(=O)CC(SCOC=O)C4=O)c(=O)ccc-3nc2cc1Cl. The number of thioether (sulfide) groups is 1. The van der Waals surface area contributed by atoms with Gasteiger partial charge < -0.3 is 13.9 Å². The summed E-state index contributed by atoms with van der Waals surface area (Å²) in [5.74, 6) is -1.30. The molecule has 0 N–H and O–H groups in total. The molecule has 1 aliphatic carbocycles. The summed E-state index contributed by atoms with van der Waals surface area (Å²) in [6.45, 7) is 2.63. The number of ether oxygens (including phenoxy) is 2. The van der Waals surface area contributed by atoms with Crippen LogP contribution < -0.4 is 10.2 Å². The fourth-order valence-corrected chi connectivity index (χ4v) is 6.12. The van der Waals surface area contributed by atoms with E-state index in [1.807, 2.05) is 0 Å². The average Bonchev–Trinajstić information content (AvgIpc) is 3.28. The van der Waals surface area contributed by atoms with E-state index in [-0.39, 0.29) is 77.7 Å². The Balaban J connectivity index is 1.38. The van der Waals surface area contributed by atoms with Gasteiger partial charge in [-0.1, -0.05) is 50.6 Å². The molecule has 1 aromatic carbocycles. The summed E-state index contributed by atoms with van der Waals surface area (Å²) in [4.78, 5) is 79.1. The number of carbonyl (C=O) groups excluding carboxylic acids is 5. The number of hydrogen-bond acceptors (Lipinski definition) is 11. The summed E-state index contributed by atoms with van der Waals surface area (Å²) in [5.41, 5.74) is 0.245. The Kier molecular flexibility index (Phi) is 12.5. The Hall–Kier alpha value is -3.77. The number of Topliss-reactive ketones (excluding diaryl/α,β-unsaturated/α-hetero) is 1. The van der Waals surface area contributed by atoms with Gasteiger partial charge in [-0.3, -0.25) is 33.7 Å². The zero-order valence-electron chi connectivity index (χ0n) is 25.0. The lowest BCUT2D eigenvalue weighted by molar-refractivity contribution is -0.138. The molecule has 1 atom stereocenters. The summed E-state index contributed by atoms with van der Waals surface area (Å²) in [7, 11) is 0. The van der Waals surface area contributed by atoms with Crippen LogP contribution in [0.25, 0.3) is 22.6 Å². The van der Waals surface area contributed by atoms with Gasteiger partial charge in [-0.2, -0.15) is 0 Å². The number of likely N-dealkylation sites (tertiary alicyclic amines) is 1. The van der Waals surface area contributed by atoms with Crippen LogP contribution in [0.4, 0.5) is 0 Å². The highest BCUT2D eigenvalue weighted by Crippen LogP contribution is 2.34. The van der Waals surface area contributed by atoms with Crippen molar-refractivity contribution in [3.63, 3.8) is 0 Å². The number of ketones is 1. The van der Waals surface area contributed by atoms with Gasteiger partial charge in [0.15, 0.2) is 28.3 Å². The molecule has 3 aliphatic rings. The molecule has 0 radical (unpaired) electrons. The van der Waals surface area contributed by atoms with Gasteiger partial charge in [0.25, 0.3) is 6.47 Å². The van der Waals surface area contributed by atoms with Crippen molar-refractivity contribution in [1.29, 1.82) is 0 Å². The Morgan fingerprint density at radius 3 is 2.60 bits per heavy atom. The van der Waals surface area contributed by atoms with Crippen LogP contribution in [0.15, 0.2) is 33.5 Å². The minimum atomic E-state index is -0.575. The quantitative estimate of drug-likeness (QED) is 0.0233. The molecule has 2 heterocycles. The van der Waals surface area contributed by atoms with Crippen molar-refractivity contribution in [2.24, 2.45) is 0 Å². The molecule has 240 valence electrons. The maximum atomic E-state index is 13.2. The van der Waals surface area contributed by atoms with E-state index < -0.39 is 22.4 Å². The first-order valence-corrected chi connectivity index (χ1v) is 16.5. The van der Waals surface area contributed by atoms with Crippen LogP contribution in [0.2, 0.25) is 5.02 Å². The highest BCUT2D eigenvalue weighted by molar-refractivity contribution is 8.00. The first-order chi connectivity index (χ1) is 21.7. The molecule has 13 heteroatoms. The van der Waals surface area contributed by atoms with Crippen molar-refractivity contribution < 1.29 is 37.9 Å². The summed E-state index contributed by atoms with van der Waals surface area (Å²) < 4.78 is 16.1. The molecule has 1 aromatic rings. The number of unbranched alkanes of at least 4 members (excludes halogenated alkanes) is 6. The monoisotopic (exact) mass is 658 g/mol. The topological polar surface area (TPSA) is 150 Å². The predicted molar refractivity (Wildman–Crippen MR) is 168 cm³/mol. The number of esters is 1. The molecule has 45 heavy (non-hydrogen) atoms. The number of amides is 2. The van der Waals surface area contributed by atoms with Crippen molar-refractivity contribution in [2.75, 3.05) is 12.5 Å². The van der Waals surface area contributed by atoms with Crippen molar-refractivity contribution in [2.45, 2.75) is 82.8 Å². The maximum absolute atomic E-state index is 13.2. The van der Waals surface area contributed by atoms with Gasteiger partial charge in [0.1, 0.15) is 22.7 Å². The molecular formula is C32H35ClN2O9S. The molecule has 2 aliphatic heterocycles. The van der Waals surface area contributed by atoms with Crippen molar-refractivity contribution in [1.82, 2.24) is 9.88 Å². The van der Waals surface area contributed by atoms with Crippen molar-refractivity contribution in [3.05, 3.63) is 45.1 Å². The lowest BCUT2D eigenvalue weighted by atomic mass is 10.00. The lowest BCUT2D eigenvalue weighted by Crippen LogP contribution is -2.32. The van der Waals surface area contributed by atoms with Gasteiger partial charge in [0, 0.05) is 31.9 Å². The van der Waals surface area contributed by atoms with E-state index in [9.17, 15) is 28.8 Å². The Morgan fingerprint density at radius 2 is 1.82 bits per heavy atom. The van der Waals surface area contributed by atoms with Crippen molar-refractivity contribution in [3.8, 4) is 17.2 Å². The summed E-state index contributed by atoms with van der Waals surface area (Å²) in [5, 5.41) is -0.395. The molecule has 0 saturated carbocycles. The van der Waals surface area contributed by atoms with Gasteiger partial charge in [0.2, 0.25) is 11.8 Å². The van der Waals surface area contributed by atoms with Crippen LogP contribution >= 0.6 is 23.4 Å². The normalized spacial score (nSPS) is 14.8. The van der Waals surface area contributed by atoms with Gasteiger partial charge in [-0.05, 0) is 37.5 Å². The minimum absolute atomic E-state index is 0.00176. The van der Waals surface area contributed by atoms with Crippen molar-refractivity contribution >= 4 is 64.5 Å². The van der Waals surface area contributed by atoms with Gasteiger partial charge >= 0.3 is 5.97 Å². The third-order valence-electron chi connectivity index (χ3n) is 7.45. The van der Waals surface area contributed by atoms with Crippen LogP contribution in [0.1, 0.15) is 87.9 Å². The van der Waals surface area contributed by atoms with Crippen LogP contribution in [-0.4, -0.2) is 57.7 Å². The fourth-order valence-electron chi connectivity index (χ4n) is 5.09. The predicted octanol–water partition coefficient (Wildman–Crippen LogP) is 5.95. The fraction of sp³-hybridized carbons (Fsp3) is 0.469. The number of rotatable bonds is 18. The third kappa shape index (κ3) is 8.91. The molecule has 1 fully saturated rings. The molecule has 11 nitrogen and oxygen atoms in total. The largest absolute Gasteiger partial charge is 0.457 e. The second-order valence-corrected chi connectivity index (χ2v) is 12.3. The molecule has 4 rings (SSSR count). The van der Waals surface area contributed by atoms with Crippen LogP contribution in [0, 0.1) is 0 Å². The Labute approximate surface area is 269 Å². The molecule has 1 saturated heterocycles. The first-order valence-electron chi connectivity index (χ1n) is 15.1. The lowest BCUT2D eigenvalue weighted by Gasteiger charge is -2.14. The highest BCUT2D eigenvalue weighted by Gasteiger charge is 2.38. The van der Waals surface area contributed by atoms with E-state index in [0.29, 0.717) is 36.9 Å². The standard InChI is InChI=1S/C32H35ClN2O9S/c1-2-3-4-5-8-11-29(40)43-25-16-26-22(15-20(25)33)34-21-12-13-24(38)30(31(21)44-26)23(37)10-7-6-9-14-35-28(39)17-27(32(35)41)45-19-42-18-36/h12-13,15-16,18,27H,2-11,14,17,19H2,1H3. The van der Waals surface area contributed by atoms with E-state index in [1.165, 1.54) is 29.2 Å². The number of aromatic nitrogens is 1. The molecule has 0 spiro atoms. The van der Waals surface area contributed by atoms with E-state index >= 15 is 0 Å². The first kappa shape index (κ1) is 34.1. The molecule has 0 aromatic heterocycles. The minimum Gasteiger partial charge on any atom is -0.457 e. The van der Waals surface area contributed by atoms with E-state index in [1.54, 1.807) is 0 Å². The van der Waals surface area contributed by atoms with E-state index in [2.05, 4.69) is 16.6 Å². The molecule has 2 amide bonds. The average molecular weight is 659 g/mol. The zero-order valence-corrected chi connectivity index (χ0v) is 26.6. The van der Waals surface area contributed by atoms with E-state index in [0.717, 1.165) is 37.4 Å². The number of hydrogen-bond donors (Lipinski definition) is 0. The van der Waals surface area contributed by atoms with E-state index in [4.69, 9.17) is 20.8 Å². The molecule has 0 bridgehead atoms. The number of benzene rings is 2. The van der Waals surface area contributed by atoms with Crippen LogP contribution in [-0.2, 0) is 23.9 Å². The third-order valence-corrected chi connectivity index (χ3v) is 8.78. The second kappa shape index (κ2) is 16.5. The summed E-state index contributed by atoms with van der Waals surface area (Å²) in [6.07, 6.45) is 6.75. The van der Waals surface area contributed by atoms with Gasteiger partial charge in [-0.25, -0.2) is 4.98 Å². The Morgan fingerprint density at radius 1 is 1.07 bits per heavy atom. The van der Waals surface area contributed by atoms with Crippen LogP contribution in [0.5, 0.6) is 5.75 Å². The van der Waals surface area contributed by atoms with Gasteiger partial charge in [-0.15, -0.1) is 11.8 Å². The smallest absolute Gasteiger partial charge is 0.311 e. The summed E-state index contributed by atoms with van der Waals surface area (Å²) in [6, 6.07) is 5.68. The number of carbonyl (C=O) groups is 5. The zero-order chi connectivity index (χ0) is 32.3. The van der Waals surface area contributed by atoms with Crippen LogP contribution in [0.3, 0.4) is 0 Å². The second-order valence-electron chi connectivity index (χ2n) is 10.7. The number of imide groups is 1. The Bertz CT molecular complexity index is 1590. The highest BCUT2D eigenvalue weighted by atomic mass is 35.5. The number of halogens is 1. The van der Waals surface area contributed by atoms with Gasteiger partial charge in [0.05, 0.1) is 10.3 Å². The maximum Gasteiger partial charge on any atom is 0.311 e. The number of fused-ring (bicyclic) bond motifs is 2.